The van der Waals surface area contributed by atoms with Crippen molar-refractivity contribution in [2.45, 2.75) is 32.3 Å². The van der Waals surface area contributed by atoms with Gasteiger partial charge in [-0.05, 0) is 5.56 Å². The van der Waals surface area contributed by atoms with Gasteiger partial charge in [0.05, 0.1) is 5.69 Å². The molecule has 0 aliphatic rings. The van der Waals surface area contributed by atoms with Crippen LogP contribution in [0.5, 0.6) is 0 Å². The van der Waals surface area contributed by atoms with E-state index in [1.165, 1.54) is 0 Å². The van der Waals surface area contributed by atoms with Gasteiger partial charge < -0.3 is 10.2 Å². The normalized spacial score (nSPS) is 13.0. The van der Waals surface area contributed by atoms with Crippen molar-refractivity contribution in [1.82, 2.24) is 9.97 Å². The Kier molecular flexibility index (Phi) is 4.55. The van der Waals surface area contributed by atoms with Crippen molar-refractivity contribution in [3.05, 3.63) is 53.5 Å². The van der Waals surface area contributed by atoms with E-state index in [1.807, 2.05) is 36.4 Å². The molecule has 1 atom stereocenters. The Morgan fingerprint density at radius 1 is 1.14 bits per heavy atom. The molecule has 2 aromatic rings. The van der Waals surface area contributed by atoms with E-state index in [4.69, 9.17) is 10.6 Å². The maximum Gasteiger partial charge on any atom is 0.164 e. The molecule has 1 heterocycles. The standard InChI is InChI=1S/C16H22N4O/c1-16(2,3)12-10-13(20-17)19-15(18-12)14(21-4)11-8-6-5-7-9-11/h5-10,14H,17H2,1-4H3,(H,18,19,20). The first-order valence-corrected chi connectivity index (χ1v) is 6.89. The number of benzene rings is 1. The van der Waals surface area contributed by atoms with E-state index in [0.29, 0.717) is 11.6 Å². The van der Waals surface area contributed by atoms with Gasteiger partial charge in [0, 0.05) is 18.6 Å². The van der Waals surface area contributed by atoms with Gasteiger partial charge in [0.2, 0.25) is 0 Å². The van der Waals surface area contributed by atoms with Gasteiger partial charge in [0.15, 0.2) is 5.82 Å². The first-order chi connectivity index (χ1) is 9.95. The number of rotatable bonds is 4. The maximum atomic E-state index is 5.60. The number of ether oxygens (including phenoxy) is 1. The van der Waals surface area contributed by atoms with Crippen LogP contribution in [0.15, 0.2) is 36.4 Å². The monoisotopic (exact) mass is 286 g/mol. The molecule has 1 aromatic heterocycles. The average Bonchev–Trinajstić information content (AvgIpc) is 2.48. The number of nitrogens with one attached hydrogen (secondary N) is 1. The Labute approximate surface area is 125 Å². The fourth-order valence-corrected chi connectivity index (χ4v) is 2.06. The molecule has 0 saturated heterocycles. The zero-order valence-corrected chi connectivity index (χ0v) is 12.9. The van der Waals surface area contributed by atoms with Gasteiger partial charge >= 0.3 is 0 Å². The molecule has 0 saturated carbocycles. The summed E-state index contributed by atoms with van der Waals surface area (Å²) < 4.78 is 5.60. The molecule has 0 aliphatic carbocycles. The van der Waals surface area contributed by atoms with Crippen molar-refractivity contribution in [3.63, 3.8) is 0 Å². The van der Waals surface area contributed by atoms with Crippen LogP contribution in [-0.2, 0) is 10.2 Å². The van der Waals surface area contributed by atoms with Crippen LogP contribution in [0, 0.1) is 0 Å². The Bertz CT molecular complexity index is 593. The van der Waals surface area contributed by atoms with Gasteiger partial charge in [-0.2, -0.15) is 0 Å². The molecule has 5 nitrogen and oxygen atoms in total. The Hall–Kier alpha value is -1.98. The van der Waals surface area contributed by atoms with E-state index in [2.05, 4.69) is 36.2 Å². The summed E-state index contributed by atoms with van der Waals surface area (Å²) in [6, 6.07) is 11.8. The third-order valence-corrected chi connectivity index (χ3v) is 3.23. The van der Waals surface area contributed by atoms with Crippen molar-refractivity contribution in [1.29, 1.82) is 0 Å². The molecule has 0 spiro atoms. The molecule has 21 heavy (non-hydrogen) atoms. The van der Waals surface area contributed by atoms with E-state index in [9.17, 15) is 0 Å². The van der Waals surface area contributed by atoms with Crippen LogP contribution in [0.4, 0.5) is 5.82 Å². The van der Waals surface area contributed by atoms with Gasteiger partial charge in [-0.15, -0.1) is 0 Å². The van der Waals surface area contributed by atoms with Gasteiger partial charge in [0.1, 0.15) is 11.9 Å². The predicted octanol–water partition coefficient (Wildman–Crippen LogP) is 2.80. The number of methoxy groups -OCH3 is 1. The molecule has 112 valence electrons. The SMILES string of the molecule is COC(c1ccccc1)c1nc(NN)cc(C(C)(C)C)n1. The van der Waals surface area contributed by atoms with Crippen molar-refractivity contribution >= 4 is 5.82 Å². The highest BCUT2D eigenvalue weighted by Gasteiger charge is 2.22. The van der Waals surface area contributed by atoms with Crippen molar-refractivity contribution in [2.24, 2.45) is 5.84 Å². The van der Waals surface area contributed by atoms with Crippen LogP contribution in [0.2, 0.25) is 0 Å². The molecule has 0 amide bonds. The minimum absolute atomic E-state index is 0.0989. The fourth-order valence-electron chi connectivity index (χ4n) is 2.06. The van der Waals surface area contributed by atoms with Gasteiger partial charge in [-0.1, -0.05) is 51.1 Å². The van der Waals surface area contributed by atoms with E-state index in [-0.39, 0.29) is 11.5 Å². The lowest BCUT2D eigenvalue weighted by molar-refractivity contribution is 0.128. The van der Waals surface area contributed by atoms with Crippen molar-refractivity contribution in [2.75, 3.05) is 12.5 Å². The lowest BCUT2D eigenvalue weighted by atomic mass is 9.91. The van der Waals surface area contributed by atoms with Crippen molar-refractivity contribution in [3.8, 4) is 0 Å². The second-order valence-corrected chi connectivity index (χ2v) is 5.92. The minimum atomic E-state index is -0.319. The van der Waals surface area contributed by atoms with E-state index >= 15 is 0 Å². The number of hydrazine groups is 1. The highest BCUT2D eigenvalue weighted by Crippen LogP contribution is 2.27. The number of nitrogen functional groups attached to an aromatic ring is 1. The second kappa shape index (κ2) is 6.20. The van der Waals surface area contributed by atoms with Crippen LogP contribution in [-0.4, -0.2) is 17.1 Å². The highest BCUT2D eigenvalue weighted by molar-refractivity contribution is 5.38. The molecule has 2 rings (SSSR count). The third kappa shape index (κ3) is 3.56. The van der Waals surface area contributed by atoms with Crippen LogP contribution in [0.3, 0.4) is 0 Å². The van der Waals surface area contributed by atoms with Crippen LogP contribution >= 0.6 is 0 Å². The molecular formula is C16H22N4O. The van der Waals surface area contributed by atoms with Gasteiger partial charge in [-0.3, -0.25) is 0 Å². The van der Waals surface area contributed by atoms with E-state index < -0.39 is 0 Å². The van der Waals surface area contributed by atoms with E-state index in [0.717, 1.165) is 11.3 Å². The molecule has 3 N–H and O–H groups in total. The molecule has 0 bridgehead atoms. The number of anilines is 1. The Morgan fingerprint density at radius 2 is 1.81 bits per heavy atom. The zero-order valence-electron chi connectivity index (χ0n) is 12.9. The Morgan fingerprint density at radius 3 is 2.33 bits per heavy atom. The molecular weight excluding hydrogens is 264 g/mol. The second-order valence-electron chi connectivity index (χ2n) is 5.92. The summed E-state index contributed by atoms with van der Waals surface area (Å²) >= 11 is 0. The predicted molar refractivity (Wildman–Crippen MR) is 83.8 cm³/mol. The average molecular weight is 286 g/mol. The maximum absolute atomic E-state index is 5.60. The summed E-state index contributed by atoms with van der Waals surface area (Å²) in [7, 11) is 1.65. The molecule has 5 heteroatoms. The molecule has 0 aliphatic heterocycles. The molecule has 1 unspecified atom stereocenters. The van der Waals surface area contributed by atoms with Crippen molar-refractivity contribution < 1.29 is 4.74 Å². The highest BCUT2D eigenvalue weighted by atomic mass is 16.5. The van der Waals surface area contributed by atoms with Crippen LogP contribution in [0.1, 0.15) is 44.0 Å². The topological polar surface area (TPSA) is 73.1 Å². The number of hydrogen-bond donors (Lipinski definition) is 2. The lowest BCUT2D eigenvalue weighted by Crippen LogP contribution is -2.20. The van der Waals surface area contributed by atoms with Gasteiger partial charge in [0.25, 0.3) is 0 Å². The first kappa shape index (κ1) is 15.4. The number of nitrogens with two attached hydrogens (primary N) is 1. The number of aromatic nitrogens is 2. The summed E-state index contributed by atoms with van der Waals surface area (Å²) in [6.07, 6.45) is -0.319. The van der Waals surface area contributed by atoms with Crippen LogP contribution < -0.4 is 11.3 Å². The zero-order chi connectivity index (χ0) is 15.5. The molecule has 0 fully saturated rings. The minimum Gasteiger partial charge on any atom is -0.369 e. The fraction of sp³-hybridized carbons (Fsp3) is 0.375. The van der Waals surface area contributed by atoms with E-state index in [1.54, 1.807) is 7.11 Å². The quantitative estimate of drug-likeness (QED) is 0.668. The first-order valence-electron chi connectivity index (χ1n) is 6.89. The smallest absolute Gasteiger partial charge is 0.164 e. The summed E-state index contributed by atoms with van der Waals surface area (Å²) in [5.41, 5.74) is 4.43. The summed E-state index contributed by atoms with van der Waals surface area (Å²) in [5, 5.41) is 0. The number of nitrogens with zero attached hydrogens (tertiary/aromatic N) is 2. The summed E-state index contributed by atoms with van der Waals surface area (Å²) in [5.74, 6) is 6.72. The van der Waals surface area contributed by atoms with Gasteiger partial charge in [-0.25, -0.2) is 15.8 Å². The summed E-state index contributed by atoms with van der Waals surface area (Å²) in [4.78, 5) is 9.11. The Balaban J connectivity index is 2.51. The lowest BCUT2D eigenvalue weighted by Gasteiger charge is -2.22. The third-order valence-electron chi connectivity index (χ3n) is 3.23. The summed E-state index contributed by atoms with van der Waals surface area (Å²) in [6.45, 7) is 6.30. The molecule has 1 aromatic carbocycles. The molecule has 0 radical (unpaired) electrons. The number of hydrogen-bond acceptors (Lipinski definition) is 5. The largest absolute Gasteiger partial charge is 0.369 e. The van der Waals surface area contributed by atoms with Crippen LogP contribution in [0.25, 0.3) is 0 Å².